The highest BCUT2D eigenvalue weighted by molar-refractivity contribution is 6.29. The summed E-state index contributed by atoms with van der Waals surface area (Å²) in [6.07, 6.45) is 1.19. The van der Waals surface area contributed by atoms with E-state index < -0.39 is 10.1 Å². The number of methoxy groups -OCH3 is 2. The molecule has 0 atom stereocenters. The van der Waals surface area contributed by atoms with Crippen LogP contribution in [0.5, 0.6) is 11.5 Å². The number of halogens is 1. The highest BCUT2D eigenvalue weighted by Crippen LogP contribution is 2.31. The van der Waals surface area contributed by atoms with Gasteiger partial charge in [-0.3, -0.25) is 10.1 Å². The molecular formula is C10H10ClNO4. The summed E-state index contributed by atoms with van der Waals surface area (Å²) >= 11 is 5.46. The first kappa shape index (κ1) is 12.3. The molecule has 0 fully saturated rings. The monoisotopic (exact) mass is 243 g/mol. The third-order valence-corrected chi connectivity index (χ3v) is 2.15. The fourth-order valence-electron chi connectivity index (χ4n) is 1.19. The molecule has 0 heterocycles. The number of ether oxygens (including phenoxy) is 2. The molecule has 1 aromatic carbocycles. The maximum atomic E-state index is 10.4. The van der Waals surface area contributed by atoms with E-state index in [1.165, 1.54) is 20.3 Å². The zero-order valence-corrected chi connectivity index (χ0v) is 9.52. The van der Waals surface area contributed by atoms with Crippen molar-refractivity contribution in [3.05, 3.63) is 39.0 Å². The maximum absolute atomic E-state index is 10.4. The van der Waals surface area contributed by atoms with Crippen molar-refractivity contribution in [3.63, 3.8) is 0 Å². The Morgan fingerprint density at radius 1 is 1.38 bits per heavy atom. The number of rotatable bonds is 4. The maximum Gasteiger partial charge on any atom is 0.338 e. The summed E-state index contributed by atoms with van der Waals surface area (Å²) in [5.41, 5.74) is 0.439. The topological polar surface area (TPSA) is 61.6 Å². The molecule has 6 heteroatoms. The normalized spacial score (nSPS) is 11.1. The molecule has 0 radical (unpaired) electrons. The average molecular weight is 244 g/mol. The Kier molecular flexibility index (Phi) is 4.13. The fourth-order valence-corrected chi connectivity index (χ4v) is 1.30. The quantitative estimate of drug-likeness (QED) is 0.463. The highest BCUT2D eigenvalue weighted by atomic mass is 35.5. The second-order valence-electron chi connectivity index (χ2n) is 2.80. The molecule has 0 aromatic heterocycles. The zero-order valence-electron chi connectivity index (χ0n) is 8.77. The third-order valence-electron chi connectivity index (χ3n) is 1.90. The molecule has 0 saturated carbocycles. The first-order valence-corrected chi connectivity index (χ1v) is 4.70. The number of benzene rings is 1. The van der Waals surface area contributed by atoms with Crippen LogP contribution in [0.3, 0.4) is 0 Å². The predicted octanol–water partition coefficient (Wildman–Crippen LogP) is 2.52. The average Bonchev–Trinajstić information content (AvgIpc) is 2.29. The van der Waals surface area contributed by atoms with Crippen LogP contribution in [0.4, 0.5) is 0 Å². The van der Waals surface area contributed by atoms with Gasteiger partial charge in [0.05, 0.1) is 24.7 Å². The second kappa shape index (κ2) is 5.37. The van der Waals surface area contributed by atoms with Gasteiger partial charge in [0.15, 0.2) is 0 Å². The Labute approximate surface area is 97.4 Å². The van der Waals surface area contributed by atoms with Crippen LogP contribution in [0.1, 0.15) is 5.56 Å². The molecule has 1 aromatic rings. The van der Waals surface area contributed by atoms with Crippen LogP contribution in [-0.4, -0.2) is 19.1 Å². The van der Waals surface area contributed by atoms with E-state index in [2.05, 4.69) is 0 Å². The van der Waals surface area contributed by atoms with E-state index in [0.29, 0.717) is 17.1 Å². The van der Waals surface area contributed by atoms with Gasteiger partial charge in [0.25, 0.3) is 0 Å². The molecular weight excluding hydrogens is 234 g/mol. The van der Waals surface area contributed by atoms with E-state index in [1.807, 2.05) is 0 Å². The van der Waals surface area contributed by atoms with Crippen LogP contribution < -0.4 is 9.47 Å². The fraction of sp³-hybridized carbons (Fsp3) is 0.200. The van der Waals surface area contributed by atoms with Gasteiger partial charge >= 0.3 is 5.16 Å². The summed E-state index contributed by atoms with van der Waals surface area (Å²) in [4.78, 5) is 9.74. The summed E-state index contributed by atoms with van der Waals surface area (Å²) in [7, 11) is 2.93. The molecule has 5 nitrogen and oxygen atoms in total. The third kappa shape index (κ3) is 2.64. The highest BCUT2D eigenvalue weighted by Gasteiger charge is 2.12. The Bertz CT molecular complexity index is 409. The van der Waals surface area contributed by atoms with Crippen molar-refractivity contribution < 1.29 is 14.4 Å². The Morgan fingerprint density at radius 3 is 2.25 bits per heavy atom. The number of hydrogen-bond acceptors (Lipinski definition) is 4. The van der Waals surface area contributed by atoms with Gasteiger partial charge in [0, 0.05) is 6.08 Å². The van der Waals surface area contributed by atoms with E-state index in [4.69, 9.17) is 21.1 Å². The summed E-state index contributed by atoms with van der Waals surface area (Å²) < 4.78 is 10.1. The zero-order chi connectivity index (χ0) is 12.1. The Balaban J connectivity index is 3.29. The van der Waals surface area contributed by atoms with Crippen molar-refractivity contribution in [1.29, 1.82) is 0 Å². The van der Waals surface area contributed by atoms with Gasteiger partial charge in [-0.05, 0) is 23.7 Å². The summed E-state index contributed by atoms with van der Waals surface area (Å²) in [6, 6.07) is 5.05. The van der Waals surface area contributed by atoms with Gasteiger partial charge < -0.3 is 9.47 Å². The molecule has 0 aliphatic carbocycles. The van der Waals surface area contributed by atoms with E-state index in [0.717, 1.165) is 0 Å². The molecule has 0 saturated heterocycles. The molecule has 1 rings (SSSR count). The van der Waals surface area contributed by atoms with Gasteiger partial charge in [0.2, 0.25) is 0 Å². The SMILES string of the molecule is COc1cccc(OC)c1/C=C(\Cl)[N+](=O)[O-]. The minimum Gasteiger partial charge on any atom is -0.496 e. The number of hydrogen-bond donors (Lipinski definition) is 0. The molecule has 0 unspecified atom stereocenters. The van der Waals surface area contributed by atoms with Crippen molar-refractivity contribution in [3.8, 4) is 11.5 Å². The smallest absolute Gasteiger partial charge is 0.338 e. The lowest BCUT2D eigenvalue weighted by molar-refractivity contribution is -0.410. The molecule has 0 spiro atoms. The van der Waals surface area contributed by atoms with Crippen LogP contribution in [0.2, 0.25) is 0 Å². The first-order valence-electron chi connectivity index (χ1n) is 4.32. The predicted molar refractivity (Wildman–Crippen MR) is 60.4 cm³/mol. The standard InChI is InChI=1S/C10H10ClNO4/c1-15-8-4-3-5-9(16-2)7(8)6-10(11)12(13)14/h3-6H,1-2H3/b10-6+. The lowest BCUT2D eigenvalue weighted by atomic mass is 10.1. The van der Waals surface area contributed by atoms with Crippen LogP contribution in [0, 0.1) is 10.1 Å². The van der Waals surface area contributed by atoms with Crippen LogP contribution in [-0.2, 0) is 0 Å². The number of nitrogens with zero attached hydrogens (tertiary/aromatic N) is 1. The Morgan fingerprint density at radius 2 is 1.88 bits per heavy atom. The lowest BCUT2D eigenvalue weighted by Gasteiger charge is -2.08. The lowest BCUT2D eigenvalue weighted by Crippen LogP contribution is -1.95. The molecule has 16 heavy (non-hydrogen) atoms. The Hall–Kier alpha value is -1.75. The minimum absolute atomic E-state index is 0.439. The van der Waals surface area contributed by atoms with Crippen molar-refractivity contribution in [2.45, 2.75) is 0 Å². The van der Waals surface area contributed by atoms with E-state index in [9.17, 15) is 10.1 Å². The van der Waals surface area contributed by atoms with Crippen molar-refractivity contribution >= 4 is 17.7 Å². The largest absolute Gasteiger partial charge is 0.496 e. The van der Waals surface area contributed by atoms with Gasteiger partial charge in [-0.1, -0.05) is 6.07 Å². The molecule has 0 amide bonds. The molecule has 86 valence electrons. The van der Waals surface area contributed by atoms with Crippen molar-refractivity contribution in [2.75, 3.05) is 14.2 Å². The summed E-state index contributed by atoms with van der Waals surface area (Å²) in [5, 5.41) is 9.93. The van der Waals surface area contributed by atoms with Crippen LogP contribution >= 0.6 is 11.6 Å². The molecule has 0 bridgehead atoms. The molecule has 0 N–H and O–H groups in total. The van der Waals surface area contributed by atoms with Crippen molar-refractivity contribution in [2.24, 2.45) is 0 Å². The van der Waals surface area contributed by atoms with Gasteiger partial charge in [-0.15, -0.1) is 0 Å². The first-order chi connectivity index (χ1) is 7.60. The molecule has 0 aliphatic heterocycles. The van der Waals surface area contributed by atoms with Crippen molar-refractivity contribution in [1.82, 2.24) is 0 Å². The van der Waals surface area contributed by atoms with E-state index >= 15 is 0 Å². The minimum atomic E-state index is -0.687. The summed E-state index contributed by atoms with van der Waals surface area (Å²) in [6.45, 7) is 0. The summed E-state index contributed by atoms with van der Waals surface area (Å²) in [5.74, 6) is 0.915. The second-order valence-corrected chi connectivity index (χ2v) is 3.19. The number of nitro groups is 1. The molecule has 0 aliphatic rings. The van der Waals surface area contributed by atoms with E-state index in [1.54, 1.807) is 18.2 Å². The van der Waals surface area contributed by atoms with Crippen LogP contribution in [0.15, 0.2) is 23.4 Å². The van der Waals surface area contributed by atoms with E-state index in [-0.39, 0.29) is 0 Å². The van der Waals surface area contributed by atoms with Gasteiger partial charge in [-0.25, -0.2) is 0 Å². The van der Waals surface area contributed by atoms with Gasteiger partial charge in [0.1, 0.15) is 11.5 Å². The van der Waals surface area contributed by atoms with Crippen LogP contribution in [0.25, 0.3) is 6.08 Å². The van der Waals surface area contributed by atoms with Gasteiger partial charge in [-0.2, -0.15) is 0 Å².